The van der Waals surface area contributed by atoms with E-state index in [0.717, 1.165) is 36.8 Å². The van der Waals surface area contributed by atoms with Gasteiger partial charge in [0.15, 0.2) is 0 Å². The highest BCUT2D eigenvalue weighted by Crippen LogP contribution is 2.45. The number of aromatic hydroxyl groups is 1. The van der Waals surface area contributed by atoms with Crippen LogP contribution in [0.2, 0.25) is 0 Å². The fourth-order valence-corrected chi connectivity index (χ4v) is 2.58. The zero-order valence-corrected chi connectivity index (χ0v) is 9.92. The SMILES string of the molecule is COc1ccc(C)c(O)c1C1(N)CCCC1. The topological polar surface area (TPSA) is 55.5 Å². The Balaban J connectivity index is 2.56. The van der Waals surface area contributed by atoms with Crippen LogP contribution in [0.15, 0.2) is 12.1 Å². The van der Waals surface area contributed by atoms with Gasteiger partial charge in [-0.25, -0.2) is 0 Å². The van der Waals surface area contributed by atoms with Gasteiger partial charge in [0.2, 0.25) is 0 Å². The zero-order valence-electron chi connectivity index (χ0n) is 9.92. The minimum absolute atomic E-state index is 0.295. The first kappa shape index (κ1) is 11.3. The second-order valence-electron chi connectivity index (χ2n) is 4.67. The van der Waals surface area contributed by atoms with Crippen LogP contribution in [-0.4, -0.2) is 12.2 Å². The number of hydrogen-bond acceptors (Lipinski definition) is 3. The lowest BCUT2D eigenvalue weighted by atomic mass is 9.86. The van der Waals surface area contributed by atoms with Crippen molar-refractivity contribution in [1.29, 1.82) is 0 Å². The molecular weight excluding hydrogens is 202 g/mol. The average molecular weight is 221 g/mol. The summed E-state index contributed by atoms with van der Waals surface area (Å²) in [6.45, 7) is 1.89. The number of nitrogens with two attached hydrogens (primary N) is 1. The lowest BCUT2D eigenvalue weighted by molar-refractivity contribution is 0.358. The first-order valence-electron chi connectivity index (χ1n) is 5.74. The molecule has 0 heterocycles. The summed E-state index contributed by atoms with van der Waals surface area (Å²) in [5, 5.41) is 10.2. The maximum absolute atomic E-state index is 10.2. The van der Waals surface area contributed by atoms with E-state index in [1.165, 1.54) is 0 Å². The summed E-state index contributed by atoms with van der Waals surface area (Å²) < 4.78 is 5.32. The van der Waals surface area contributed by atoms with Crippen molar-refractivity contribution in [2.75, 3.05) is 7.11 Å². The molecule has 0 aromatic heterocycles. The second-order valence-corrected chi connectivity index (χ2v) is 4.67. The van der Waals surface area contributed by atoms with Gasteiger partial charge in [0.25, 0.3) is 0 Å². The molecule has 88 valence electrons. The van der Waals surface area contributed by atoms with Crippen LogP contribution in [-0.2, 0) is 5.54 Å². The van der Waals surface area contributed by atoms with Gasteiger partial charge < -0.3 is 15.6 Å². The molecule has 0 spiro atoms. The summed E-state index contributed by atoms with van der Waals surface area (Å²) in [6.07, 6.45) is 4.07. The van der Waals surface area contributed by atoms with Crippen molar-refractivity contribution in [3.63, 3.8) is 0 Å². The Kier molecular flexibility index (Phi) is 2.80. The highest BCUT2D eigenvalue weighted by Gasteiger charge is 2.36. The van der Waals surface area contributed by atoms with Gasteiger partial charge >= 0.3 is 0 Å². The molecule has 2 rings (SSSR count). The number of phenolic OH excluding ortho intramolecular Hbond substituents is 1. The van der Waals surface area contributed by atoms with Crippen LogP contribution in [0.5, 0.6) is 11.5 Å². The molecule has 1 fully saturated rings. The van der Waals surface area contributed by atoms with E-state index in [2.05, 4.69) is 0 Å². The molecule has 1 saturated carbocycles. The lowest BCUT2D eigenvalue weighted by Crippen LogP contribution is -2.33. The molecule has 3 heteroatoms. The molecule has 3 nitrogen and oxygen atoms in total. The number of phenols is 1. The van der Waals surface area contributed by atoms with E-state index in [-0.39, 0.29) is 0 Å². The molecule has 16 heavy (non-hydrogen) atoms. The molecule has 1 aliphatic rings. The number of hydrogen-bond donors (Lipinski definition) is 2. The van der Waals surface area contributed by atoms with Gasteiger partial charge in [0.05, 0.1) is 12.7 Å². The van der Waals surface area contributed by atoms with E-state index in [9.17, 15) is 5.11 Å². The predicted molar refractivity (Wildman–Crippen MR) is 63.7 cm³/mol. The number of benzene rings is 1. The minimum atomic E-state index is -0.415. The molecule has 0 bridgehead atoms. The zero-order chi connectivity index (χ0) is 11.8. The van der Waals surface area contributed by atoms with E-state index in [1.807, 2.05) is 19.1 Å². The molecular formula is C13H19NO2. The van der Waals surface area contributed by atoms with Gasteiger partial charge in [-0.1, -0.05) is 18.9 Å². The Morgan fingerprint density at radius 2 is 1.94 bits per heavy atom. The highest BCUT2D eigenvalue weighted by atomic mass is 16.5. The number of aryl methyl sites for hydroxylation is 1. The van der Waals surface area contributed by atoms with Crippen molar-refractivity contribution in [3.05, 3.63) is 23.3 Å². The average Bonchev–Trinajstić information content (AvgIpc) is 2.69. The number of methoxy groups -OCH3 is 1. The van der Waals surface area contributed by atoms with Crippen molar-refractivity contribution in [2.24, 2.45) is 5.73 Å². The molecule has 0 saturated heterocycles. The largest absolute Gasteiger partial charge is 0.507 e. The van der Waals surface area contributed by atoms with Crippen LogP contribution in [0.3, 0.4) is 0 Å². The Bertz CT molecular complexity index is 395. The Hall–Kier alpha value is -1.22. The van der Waals surface area contributed by atoms with Crippen LogP contribution in [0.25, 0.3) is 0 Å². The maximum atomic E-state index is 10.2. The van der Waals surface area contributed by atoms with Crippen LogP contribution >= 0.6 is 0 Å². The first-order valence-corrected chi connectivity index (χ1v) is 5.74. The highest BCUT2D eigenvalue weighted by molar-refractivity contribution is 5.52. The Morgan fingerprint density at radius 1 is 1.31 bits per heavy atom. The van der Waals surface area contributed by atoms with E-state index >= 15 is 0 Å². The quantitative estimate of drug-likeness (QED) is 0.806. The maximum Gasteiger partial charge on any atom is 0.127 e. The van der Waals surface area contributed by atoms with Gasteiger partial charge in [-0.15, -0.1) is 0 Å². The summed E-state index contributed by atoms with van der Waals surface area (Å²) in [4.78, 5) is 0. The van der Waals surface area contributed by atoms with Crippen molar-refractivity contribution in [2.45, 2.75) is 38.1 Å². The first-order chi connectivity index (χ1) is 7.58. The molecule has 1 aliphatic carbocycles. The standard InChI is InChI=1S/C13H19NO2/c1-9-5-6-10(16-2)11(12(9)15)13(14)7-3-4-8-13/h5-6,15H,3-4,7-8,14H2,1-2H3. The van der Waals surface area contributed by atoms with Gasteiger partial charge in [0, 0.05) is 5.54 Å². The van der Waals surface area contributed by atoms with Crippen LogP contribution in [0.4, 0.5) is 0 Å². The third-order valence-electron chi connectivity index (χ3n) is 3.56. The van der Waals surface area contributed by atoms with Gasteiger partial charge in [-0.05, 0) is 31.4 Å². The van der Waals surface area contributed by atoms with Gasteiger partial charge in [0.1, 0.15) is 11.5 Å². The second kappa shape index (κ2) is 3.98. The molecule has 3 N–H and O–H groups in total. The monoisotopic (exact) mass is 221 g/mol. The van der Waals surface area contributed by atoms with E-state index in [4.69, 9.17) is 10.5 Å². The molecule has 1 aromatic rings. The summed E-state index contributed by atoms with van der Waals surface area (Å²) in [5.74, 6) is 0.997. The van der Waals surface area contributed by atoms with Crippen LogP contribution in [0, 0.1) is 6.92 Å². The lowest BCUT2D eigenvalue weighted by Gasteiger charge is -2.27. The summed E-state index contributed by atoms with van der Waals surface area (Å²) in [5.41, 5.74) is 7.61. The summed E-state index contributed by atoms with van der Waals surface area (Å²) in [6, 6.07) is 3.74. The van der Waals surface area contributed by atoms with Crippen molar-refractivity contribution < 1.29 is 9.84 Å². The van der Waals surface area contributed by atoms with E-state index < -0.39 is 5.54 Å². The van der Waals surface area contributed by atoms with Crippen molar-refractivity contribution >= 4 is 0 Å². The normalized spacial score (nSPS) is 18.7. The molecule has 0 aliphatic heterocycles. The molecule has 0 radical (unpaired) electrons. The predicted octanol–water partition coefficient (Wildman–Crippen LogP) is 2.44. The molecule has 0 atom stereocenters. The van der Waals surface area contributed by atoms with Crippen LogP contribution < -0.4 is 10.5 Å². The summed E-state index contributed by atoms with van der Waals surface area (Å²) >= 11 is 0. The molecule has 1 aromatic carbocycles. The van der Waals surface area contributed by atoms with Gasteiger partial charge in [-0.3, -0.25) is 0 Å². The fraction of sp³-hybridized carbons (Fsp3) is 0.538. The smallest absolute Gasteiger partial charge is 0.127 e. The van der Waals surface area contributed by atoms with E-state index in [0.29, 0.717) is 11.5 Å². The number of ether oxygens (including phenoxy) is 1. The third-order valence-corrected chi connectivity index (χ3v) is 3.56. The molecule has 0 unspecified atom stereocenters. The minimum Gasteiger partial charge on any atom is -0.507 e. The van der Waals surface area contributed by atoms with Gasteiger partial charge in [-0.2, -0.15) is 0 Å². The Labute approximate surface area is 96.2 Å². The summed E-state index contributed by atoms with van der Waals surface area (Å²) in [7, 11) is 1.62. The van der Waals surface area contributed by atoms with Crippen molar-refractivity contribution in [1.82, 2.24) is 0 Å². The van der Waals surface area contributed by atoms with E-state index in [1.54, 1.807) is 7.11 Å². The van der Waals surface area contributed by atoms with Crippen molar-refractivity contribution in [3.8, 4) is 11.5 Å². The third kappa shape index (κ3) is 1.65. The van der Waals surface area contributed by atoms with Crippen LogP contribution in [0.1, 0.15) is 36.8 Å². The fourth-order valence-electron chi connectivity index (χ4n) is 2.58. The number of rotatable bonds is 2. The molecule has 0 amide bonds. The Morgan fingerprint density at radius 3 is 2.50 bits per heavy atom.